The van der Waals surface area contributed by atoms with Gasteiger partial charge in [0, 0.05) is 25.2 Å². The summed E-state index contributed by atoms with van der Waals surface area (Å²) in [5, 5.41) is 4.47. The van der Waals surface area contributed by atoms with E-state index in [4.69, 9.17) is 9.47 Å². The van der Waals surface area contributed by atoms with E-state index >= 15 is 0 Å². The average molecular weight is 439 g/mol. The van der Waals surface area contributed by atoms with Gasteiger partial charge in [0.2, 0.25) is 5.91 Å². The number of nitrogens with zero attached hydrogens (tertiary/aromatic N) is 4. The molecule has 2 amide bonds. The Morgan fingerprint density at radius 1 is 1.22 bits per heavy atom. The van der Waals surface area contributed by atoms with Crippen LogP contribution >= 0.6 is 0 Å². The fourth-order valence-electron chi connectivity index (χ4n) is 4.63. The number of carbonyl (C=O) groups excluding carboxylic acids is 2. The van der Waals surface area contributed by atoms with Crippen LogP contribution in [0.2, 0.25) is 0 Å². The molecular formula is C24H30N4O4. The van der Waals surface area contributed by atoms with Crippen molar-refractivity contribution in [2.75, 3.05) is 36.2 Å². The minimum atomic E-state index is -0.358. The molecule has 3 heterocycles. The van der Waals surface area contributed by atoms with E-state index in [0.29, 0.717) is 38.0 Å². The van der Waals surface area contributed by atoms with Crippen molar-refractivity contribution >= 4 is 23.4 Å². The number of rotatable bonds is 4. The third-order valence-corrected chi connectivity index (χ3v) is 7.03. The van der Waals surface area contributed by atoms with Gasteiger partial charge in [-0.25, -0.2) is 4.79 Å². The number of carbonyl (C=O) groups is 2. The Morgan fingerprint density at radius 2 is 1.97 bits per heavy atom. The number of fused-ring (bicyclic) bond motifs is 1. The molecule has 1 saturated heterocycles. The summed E-state index contributed by atoms with van der Waals surface area (Å²) in [4.78, 5) is 28.9. The molecule has 2 atom stereocenters. The van der Waals surface area contributed by atoms with Crippen molar-refractivity contribution in [3.05, 3.63) is 30.6 Å². The quantitative estimate of drug-likeness (QED) is 0.724. The number of aromatic nitrogens is 2. The molecule has 2 aliphatic heterocycles. The van der Waals surface area contributed by atoms with Crippen LogP contribution in [0.15, 0.2) is 30.6 Å². The van der Waals surface area contributed by atoms with Gasteiger partial charge in [-0.2, -0.15) is 5.10 Å². The van der Waals surface area contributed by atoms with Crippen LogP contribution in [0.25, 0.3) is 11.1 Å². The summed E-state index contributed by atoms with van der Waals surface area (Å²) < 4.78 is 12.9. The van der Waals surface area contributed by atoms with E-state index in [1.165, 1.54) is 0 Å². The standard InChI is InChI=1S/C24H30N4O4/c1-15-10-26(23(30)32-12-19-8-24(19,3)4)22-7-17(5-6-21(22)28(15)16(2)29)18-9-25-27(11-18)20-13-31-14-20/h5-7,9,11,15,19-20H,8,10,12-14H2,1-4H3/t15-,19?/m0/s1. The van der Waals surface area contributed by atoms with Gasteiger partial charge < -0.3 is 14.4 Å². The van der Waals surface area contributed by atoms with Gasteiger partial charge in [-0.05, 0) is 42.4 Å². The zero-order valence-electron chi connectivity index (χ0n) is 19.1. The molecular weight excluding hydrogens is 408 g/mol. The van der Waals surface area contributed by atoms with Crippen LogP contribution in [-0.2, 0) is 14.3 Å². The van der Waals surface area contributed by atoms with E-state index < -0.39 is 0 Å². The topological polar surface area (TPSA) is 76.9 Å². The summed E-state index contributed by atoms with van der Waals surface area (Å²) in [6.45, 7) is 10.1. The maximum Gasteiger partial charge on any atom is 0.414 e. The molecule has 1 aromatic carbocycles. The lowest BCUT2D eigenvalue weighted by atomic mass is 10.0. The van der Waals surface area contributed by atoms with E-state index in [2.05, 4.69) is 18.9 Å². The molecule has 1 aliphatic carbocycles. The second-order valence-electron chi connectivity index (χ2n) is 9.92. The normalized spacial score (nSPS) is 24.0. The van der Waals surface area contributed by atoms with Gasteiger partial charge in [0.05, 0.1) is 49.5 Å². The fraction of sp³-hybridized carbons (Fsp3) is 0.542. The van der Waals surface area contributed by atoms with E-state index in [9.17, 15) is 9.59 Å². The van der Waals surface area contributed by atoms with Gasteiger partial charge in [-0.1, -0.05) is 19.9 Å². The second kappa shape index (κ2) is 7.62. The summed E-state index contributed by atoms with van der Waals surface area (Å²) >= 11 is 0. The fourth-order valence-corrected chi connectivity index (χ4v) is 4.63. The Kier molecular flexibility index (Phi) is 5.00. The molecule has 1 saturated carbocycles. The van der Waals surface area contributed by atoms with E-state index in [1.54, 1.807) is 16.7 Å². The van der Waals surface area contributed by atoms with Crippen LogP contribution in [0.3, 0.4) is 0 Å². The van der Waals surface area contributed by atoms with Crippen molar-refractivity contribution < 1.29 is 19.1 Å². The number of benzene rings is 1. The molecule has 8 nitrogen and oxygen atoms in total. The van der Waals surface area contributed by atoms with Crippen molar-refractivity contribution in [3.8, 4) is 11.1 Å². The molecule has 8 heteroatoms. The van der Waals surface area contributed by atoms with E-state index in [-0.39, 0.29) is 29.5 Å². The highest BCUT2D eigenvalue weighted by Crippen LogP contribution is 2.51. The number of hydrogen-bond donors (Lipinski definition) is 0. The Balaban J connectivity index is 1.45. The number of anilines is 2. The molecule has 2 fully saturated rings. The van der Waals surface area contributed by atoms with Crippen LogP contribution in [0.5, 0.6) is 0 Å². The molecule has 170 valence electrons. The first-order valence-corrected chi connectivity index (χ1v) is 11.2. The minimum absolute atomic E-state index is 0.0444. The first-order chi connectivity index (χ1) is 15.2. The van der Waals surface area contributed by atoms with Gasteiger partial charge >= 0.3 is 6.09 Å². The summed E-state index contributed by atoms with van der Waals surface area (Å²) in [7, 11) is 0. The SMILES string of the molecule is CC(=O)N1c2ccc(-c3cnn(C4COC4)c3)cc2N(C(=O)OCC2CC2(C)C)C[C@@H]1C. The molecule has 1 unspecified atom stereocenters. The molecule has 0 spiro atoms. The molecule has 2 aromatic rings. The third-order valence-electron chi connectivity index (χ3n) is 7.03. The van der Waals surface area contributed by atoms with Crippen molar-refractivity contribution in [1.29, 1.82) is 0 Å². The van der Waals surface area contributed by atoms with Gasteiger partial charge in [-0.3, -0.25) is 14.4 Å². The monoisotopic (exact) mass is 438 g/mol. The summed E-state index contributed by atoms with van der Waals surface area (Å²) in [5.74, 6) is 0.367. The lowest BCUT2D eigenvalue weighted by Crippen LogP contribution is -2.51. The first kappa shape index (κ1) is 21.0. The molecule has 0 radical (unpaired) electrons. The zero-order valence-corrected chi connectivity index (χ0v) is 19.1. The molecule has 0 N–H and O–H groups in total. The van der Waals surface area contributed by atoms with E-state index in [0.717, 1.165) is 23.2 Å². The third kappa shape index (κ3) is 3.66. The summed E-state index contributed by atoms with van der Waals surface area (Å²) in [6, 6.07) is 5.97. The van der Waals surface area contributed by atoms with Crippen molar-refractivity contribution in [2.45, 2.75) is 46.2 Å². The Hall–Kier alpha value is -2.87. The van der Waals surface area contributed by atoms with Gasteiger partial charge in [0.25, 0.3) is 0 Å². The predicted octanol–water partition coefficient (Wildman–Crippen LogP) is 3.87. The Bertz CT molecular complexity index is 1060. The van der Waals surface area contributed by atoms with Crippen LogP contribution in [0.1, 0.15) is 40.2 Å². The molecule has 0 bridgehead atoms. The molecule has 5 rings (SSSR count). The minimum Gasteiger partial charge on any atom is -0.449 e. The molecule has 32 heavy (non-hydrogen) atoms. The highest BCUT2D eigenvalue weighted by Gasteiger charge is 2.46. The number of ether oxygens (including phenoxy) is 2. The first-order valence-electron chi connectivity index (χ1n) is 11.2. The van der Waals surface area contributed by atoms with Crippen LogP contribution < -0.4 is 9.80 Å². The Morgan fingerprint density at radius 3 is 2.59 bits per heavy atom. The number of amides is 2. The molecule has 1 aromatic heterocycles. The van der Waals surface area contributed by atoms with Crippen LogP contribution in [0, 0.1) is 11.3 Å². The van der Waals surface area contributed by atoms with Crippen molar-refractivity contribution in [2.24, 2.45) is 11.3 Å². The van der Waals surface area contributed by atoms with Crippen molar-refractivity contribution in [1.82, 2.24) is 9.78 Å². The highest BCUT2D eigenvalue weighted by atomic mass is 16.6. The van der Waals surface area contributed by atoms with Crippen molar-refractivity contribution in [3.63, 3.8) is 0 Å². The lowest BCUT2D eigenvalue weighted by Gasteiger charge is -2.40. The molecule has 3 aliphatic rings. The second-order valence-corrected chi connectivity index (χ2v) is 9.92. The van der Waals surface area contributed by atoms with Gasteiger partial charge in [-0.15, -0.1) is 0 Å². The zero-order chi connectivity index (χ0) is 22.6. The largest absolute Gasteiger partial charge is 0.449 e. The van der Waals surface area contributed by atoms with Crippen LogP contribution in [-0.4, -0.2) is 54.2 Å². The smallest absolute Gasteiger partial charge is 0.414 e. The summed E-state index contributed by atoms with van der Waals surface area (Å²) in [6.07, 6.45) is 4.54. The average Bonchev–Trinajstić information content (AvgIpc) is 3.07. The summed E-state index contributed by atoms with van der Waals surface area (Å²) in [5.41, 5.74) is 3.56. The number of hydrogen-bond acceptors (Lipinski definition) is 5. The predicted molar refractivity (Wildman–Crippen MR) is 121 cm³/mol. The van der Waals surface area contributed by atoms with Gasteiger partial charge in [0.15, 0.2) is 0 Å². The van der Waals surface area contributed by atoms with E-state index in [1.807, 2.05) is 42.2 Å². The van der Waals surface area contributed by atoms with Crippen LogP contribution in [0.4, 0.5) is 16.2 Å². The maximum atomic E-state index is 13.1. The van der Waals surface area contributed by atoms with Gasteiger partial charge in [0.1, 0.15) is 0 Å². The maximum absolute atomic E-state index is 13.1. The Labute approximate surface area is 188 Å². The lowest BCUT2D eigenvalue weighted by molar-refractivity contribution is -0.117. The highest BCUT2D eigenvalue weighted by molar-refractivity contribution is 6.03.